The molecule has 0 aliphatic carbocycles. The number of ether oxygens (including phenoxy) is 1. The largest absolute Gasteiger partial charge is 0.388 e. The van der Waals surface area contributed by atoms with Crippen molar-refractivity contribution in [2.75, 3.05) is 49.6 Å². The van der Waals surface area contributed by atoms with Gasteiger partial charge in [-0.3, -0.25) is 0 Å². The van der Waals surface area contributed by atoms with Crippen molar-refractivity contribution in [3.05, 3.63) is 65.7 Å². The Morgan fingerprint density at radius 2 is 1.88 bits per heavy atom. The van der Waals surface area contributed by atoms with Crippen molar-refractivity contribution in [2.24, 2.45) is 0 Å². The standard InChI is InChI=1S/C28H37N3O2/c1-20(31-11-10-28(4,32)19-31)21-8-9-25-24(17-21)27(2,3)18-26(29-25)22-6-5-7-23(16-22)30-12-14-33-15-13-30/h5-9,16-17,26,29,32H,1,10-15,18-19H2,2-4H3. The molecule has 5 heteroatoms. The molecule has 0 spiro atoms. The predicted molar refractivity (Wildman–Crippen MR) is 136 cm³/mol. The van der Waals surface area contributed by atoms with E-state index in [1.165, 1.54) is 22.5 Å². The van der Waals surface area contributed by atoms with E-state index < -0.39 is 5.60 Å². The summed E-state index contributed by atoms with van der Waals surface area (Å²) in [6.45, 7) is 16.0. The molecular weight excluding hydrogens is 410 g/mol. The maximum atomic E-state index is 10.4. The Bertz CT molecular complexity index is 1040. The Labute approximate surface area is 198 Å². The van der Waals surface area contributed by atoms with Crippen LogP contribution in [0, 0.1) is 0 Å². The maximum absolute atomic E-state index is 10.4. The number of aliphatic hydroxyl groups is 1. The molecule has 2 atom stereocenters. The van der Waals surface area contributed by atoms with E-state index in [4.69, 9.17) is 4.74 Å². The minimum Gasteiger partial charge on any atom is -0.388 e. The van der Waals surface area contributed by atoms with Crippen LogP contribution in [0.1, 0.15) is 56.3 Å². The van der Waals surface area contributed by atoms with E-state index in [0.29, 0.717) is 6.54 Å². The first-order valence-corrected chi connectivity index (χ1v) is 12.2. The lowest BCUT2D eigenvalue weighted by Crippen LogP contribution is -2.36. The molecule has 5 rings (SSSR count). The summed E-state index contributed by atoms with van der Waals surface area (Å²) in [4.78, 5) is 4.63. The van der Waals surface area contributed by atoms with Gasteiger partial charge in [-0.1, -0.05) is 38.6 Å². The second-order valence-electron chi connectivity index (χ2n) is 10.9. The number of benzene rings is 2. The summed E-state index contributed by atoms with van der Waals surface area (Å²) >= 11 is 0. The monoisotopic (exact) mass is 447 g/mol. The van der Waals surface area contributed by atoms with Gasteiger partial charge in [0.1, 0.15) is 0 Å². The third-order valence-electron chi connectivity index (χ3n) is 7.61. The van der Waals surface area contributed by atoms with E-state index in [2.05, 4.69) is 78.0 Å². The van der Waals surface area contributed by atoms with Gasteiger partial charge in [-0.2, -0.15) is 0 Å². The van der Waals surface area contributed by atoms with Crippen LogP contribution in [0.2, 0.25) is 0 Å². The quantitative estimate of drug-likeness (QED) is 0.706. The average Bonchev–Trinajstić information content (AvgIpc) is 3.18. The lowest BCUT2D eigenvalue weighted by molar-refractivity contribution is 0.0746. The zero-order valence-electron chi connectivity index (χ0n) is 20.2. The molecule has 2 N–H and O–H groups in total. The maximum Gasteiger partial charge on any atom is 0.0810 e. The zero-order valence-corrected chi connectivity index (χ0v) is 20.2. The van der Waals surface area contributed by atoms with Crippen LogP contribution in [0.5, 0.6) is 0 Å². The van der Waals surface area contributed by atoms with Crippen molar-refractivity contribution in [3.63, 3.8) is 0 Å². The van der Waals surface area contributed by atoms with Crippen molar-refractivity contribution in [1.82, 2.24) is 4.90 Å². The van der Waals surface area contributed by atoms with Crippen LogP contribution in [0.15, 0.2) is 49.0 Å². The van der Waals surface area contributed by atoms with Crippen molar-refractivity contribution in [1.29, 1.82) is 0 Å². The Kier molecular flexibility index (Phi) is 5.66. The Morgan fingerprint density at radius 1 is 1.09 bits per heavy atom. The summed E-state index contributed by atoms with van der Waals surface area (Å²) in [5, 5.41) is 14.2. The van der Waals surface area contributed by atoms with E-state index in [9.17, 15) is 5.11 Å². The van der Waals surface area contributed by atoms with Crippen LogP contribution in [0.4, 0.5) is 11.4 Å². The van der Waals surface area contributed by atoms with Gasteiger partial charge in [0, 0.05) is 43.3 Å². The second-order valence-corrected chi connectivity index (χ2v) is 10.9. The molecule has 2 unspecified atom stereocenters. The summed E-state index contributed by atoms with van der Waals surface area (Å²) in [6.07, 6.45) is 1.82. The molecule has 33 heavy (non-hydrogen) atoms. The highest BCUT2D eigenvalue weighted by Gasteiger charge is 2.35. The zero-order chi connectivity index (χ0) is 23.2. The van der Waals surface area contributed by atoms with Crippen LogP contribution in [-0.2, 0) is 10.2 Å². The van der Waals surface area contributed by atoms with E-state index in [1.54, 1.807) is 0 Å². The van der Waals surface area contributed by atoms with Gasteiger partial charge in [0.15, 0.2) is 0 Å². The molecule has 2 fully saturated rings. The lowest BCUT2D eigenvalue weighted by Gasteiger charge is -2.40. The van der Waals surface area contributed by atoms with Crippen molar-refractivity contribution < 1.29 is 9.84 Å². The molecule has 3 heterocycles. The number of hydrogen-bond donors (Lipinski definition) is 2. The van der Waals surface area contributed by atoms with Gasteiger partial charge in [0.05, 0.1) is 24.9 Å². The number of likely N-dealkylation sites (tertiary alicyclic amines) is 1. The molecule has 2 aromatic rings. The first-order valence-electron chi connectivity index (χ1n) is 12.2. The van der Waals surface area contributed by atoms with Crippen molar-refractivity contribution in [3.8, 4) is 0 Å². The molecule has 0 amide bonds. The smallest absolute Gasteiger partial charge is 0.0810 e. The first kappa shape index (κ1) is 22.3. The van der Waals surface area contributed by atoms with Gasteiger partial charge in [-0.15, -0.1) is 0 Å². The summed E-state index contributed by atoms with van der Waals surface area (Å²) in [7, 11) is 0. The minimum absolute atomic E-state index is 0.0347. The molecule has 3 aliphatic rings. The van der Waals surface area contributed by atoms with Crippen molar-refractivity contribution >= 4 is 17.1 Å². The van der Waals surface area contributed by atoms with Crippen molar-refractivity contribution in [2.45, 2.75) is 50.7 Å². The fraction of sp³-hybridized carbons (Fsp3) is 0.500. The number of rotatable bonds is 4. The van der Waals surface area contributed by atoms with Crippen LogP contribution in [0.3, 0.4) is 0 Å². The van der Waals surface area contributed by atoms with Gasteiger partial charge in [0.25, 0.3) is 0 Å². The van der Waals surface area contributed by atoms with E-state index >= 15 is 0 Å². The summed E-state index contributed by atoms with van der Waals surface area (Å²) in [6, 6.07) is 16.0. The fourth-order valence-corrected chi connectivity index (χ4v) is 5.59. The minimum atomic E-state index is -0.624. The Morgan fingerprint density at radius 3 is 2.61 bits per heavy atom. The third-order valence-corrected chi connectivity index (χ3v) is 7.61. The molecule has 2 saturated heterocycles. The molecule has 5 nitrogen and oxygen atoms in total. The Balaban J connectivity index is 1.38. The highest BCUT2D eigenvalue weighted by atomic mass is 16.5. The normalized spacial score (nSPS) is 26.6. The Hall–Kier alpha value is -2.50. The van der Waals surface area contributed by atoms with Crippen LogP contribution in [-0.4, -0.2) is 55.0 Å². The predicted octanol–water partition coefficient (Wildman–Crippen LogP) is 4.79. The number of morpholine rings is 1. The fourth-order valence-electron chi connectivity index (χ4n) is 5.59. The highest BCUT2D eigenvalue weighted by Crippen LogP contribution is 2.45. The highest BCUT2D eigenvalue weighted by molar-refractivity contribution is 5.69. The van der Waals surface area contributed by atoms with E-state index in [-0.39, 0.29) is 11.5 Å². The summed E-state index contributed by atoms with van der Waals surface area (Å²) in [5.74, 6) is 0. The van der Waals surface area contributed by atoms with Gasteiger partial charge < -0.3 is 25.0 Å². The van der Waals surface area contributed by atoms with Gasteiger partial charge in [0.2, 0.25) is 0 Å². The van der Waals surface area contributed by atoms with Gasteiger partial charge in [-0.05, 0) is 66.1 Å². The van der Waals surface area contributed by atoms with Gasteiger partial charge >= 0.3 is 0 Å². The molecule has 176 valence electrons. The molecule has 0 bridgehead atoms. The lowest BCUT2D eigenvalue weighted by atomic mass is 9.73. The van der Waals surface area contributed by atoms with E-state index in [0.717, 1.165) is 57.0 Å². The second kappa shape index (κ2) is 8.37. The van der Waals surface area contributed by atoms with Gasteiger partial charge in [-0.25, -0.2) is 0 Å². The number of hydrogen-bond acceptors (Lipinski definition) is 5. The number of anilines is 2. The number of fused-ring (bicyclic) bond motifs is 1. The SMILES string of the molecule is C=C(c1ccc2c(c1)C(C)(C)CC(c1cccc(N3CCOCC3)c1)N2)N1CCC(C)(O)C1. The first-order chi connectivity index (χ1) is 15.7. The van der Waals surface area contributed by atoms with E-state index in [1.807, 2.05) is 6.92 Å². The molecule has 3 aliphatic heterocycles. The molecular formula is C28H37N3O2. The molecule has 0 saturated carbocycles. The summed E-state index contributed by atoms with van der Waals surface area (Å²) in [5.41, 5.74) is 6.74. The van der Waals surface area contributed by atoms with Crippen LogP contribution in [0.25, 0.3) is 5.70 Å². The molecule has 0 aromatic heterocycles. The topological polar surface area (TPSA) is 48.0 Å². The number of β-amino-alcohol motifs (C(OH)–C–C–N with tert-alkyl or cyclic N) is 1. The molecule has 0 radical (unpaired) electrons. The van der Waals surface area contributed by atoms with Crippen LogP contribution >= 0.6 is 0 Å². The number of nitrogens with zero attached hydrogens (tertiary/aromatic N) is 2. The van der Waals surface area contributed by atoms with Crippen LogP contribution < -0.4 is 10.2 Å². The average molecular weight is 448 g/mol. The summed E-state index contributed by atoms with van der Waals surface area (Å²) < 4.78 is 5.53. The third kappa shape index (κ3) is 4.49. The number of nitrogens with one attached hydrogen (secondary N) is 1. The molecule has 2 aromatic carbocycles.